The third-order valence-electron chi connectivity index (χ3n) is 3.58. The van der Waals surface area contributed by atoms with E-state index in [2.05, 4.69) is 10.3 Å². The molecule has 0 radical (unpaired) electrons. The van der Waals surface area contributed by atoms with Gasteiger partial charge in [-0.3, -0.25) is 4.79 Å². The normalized spacial score (nSPS) is 11.1. The number of nitrogen functional groups attached to an aromatic ring is 1. The Morgan fingerprint density at radius 2 is 2.22 bits per heavy atom. The number of amides is 1. The first kappa shape index (κ1) is 15.8. The molecule has 0 fully saturated rings. The number of anilines is 1. The number of aromatic nitrogens is 1. The van der Waals surface area contributed by atoms with Crippen molar-refractivity contribution in [2.24, 2.45) is 0 Å². The SMILES string of the molecule is Cc1cc(Cl)c2oc(C(=O)NCCc3csc(N)n3)c(C)c2c1. The quantitative estimate of drug-likeness (QED) is 0.752. The second-order valence-corrected chi connectivity index (χ2v) is 6.66. The first-order chi connectivity index (χ1) is 11.0. The van der Waals surface area contributed by atoms with Gasteiger partial charge in [0.1, 0.15) is 0 Å². The molecule has 3 N–H and O–H groups in total. The molecule has 0 bridgehead atoms. The summed E-state index contributed by atoms with van der Waals surface area (Å²) < 4.78 is 5.68. The average Bonchev–Trinajstić information content (AvgIpc) is 3.04. The molecule has 5 nitrogen and oxygen atoms in total. The minimum atomic E-state index is -0.254. The molecular formula is C16H16ClN3O2S. The number of benzene rings is 1. The first-order valence-electron chi connectivity index (χ1n) is 7.13. The predicted molar refractivity (Wildman–Crippen MR) is 93.3 cm³/mol. The van der Waals surface area contributed by atoms with Crippen LogP contribution >= 0.6 is 22.9 Å². The monoisotopic (exact) mass is 349 g/mol. The lowest BCUT2D eigenvalue weighted by atomic mass is 10.1. The van der Waals surface area contributed by atoms with E-state index in [9.17, 15) is 4.79 Å². The number of aryl methyl sites for hydroxylation is 2. The fourth-order valence-corrected chi connectivity index (χ4v) is 3.36. The topological polar surface area (TPSA) is 81.2 Å². The van der Waals surface area contributed by atoms with Crippen LogP contribution in [0.1, 0.15) is 27.4 Å². The van der Waals surface area contributed by atoms with E-state index in [-0.39, 0.29) is 5.91 Å². The number of hydrogen-bond donors (Lipinski definition) is 2. The summed E-state index contributed by atoms with van der Waals surface area (Å²) in [5.74, 6) is 0.0425. The van der Waals surface area contributed by atoms with Gasteiger partial charge in [-0.05, 0) is 31.5 Å². The first-order valence-corrected chi connectivity index (χ1v) is 8.39. The zero-order chi connectivity index (χ0) is 16.6. The van der Waals surface area contributed by atoms with E-state index in [1.807, 2.05) is 31.4 Å². The molecule has 0 saturated carbocycles. The van der Waals surface area contributed by atoms with Crippen LogP contribution in [0, 0.1) is 13.8 Å². The van der Waals surface area contributed by atoms with Crippen LogP contribution in [0.5, 0.6) is 0 Å². The van der Waals surface area contributed by atoms with E-state index in [4.69, 9.17) is 21.8 Å². The zero-order valence-corrected chi connectivity index (χ0v) is 14.3. The maximum Gasteiger partial charge on any atom is 0.287 e. The molecule has 1 amide bonds. The Balaban J connectivity index is 1.75. The molecule has 0 saturated heterocycles. The molecule has 0 aliphatic heterocycles. The highest BCUT2D eigenvalue weighted by Gasteiger charge is 2.19. The molecule has 0 atom stereocenters. The van der Waals surface area contributed by atoms with Gasteiger partial charge in [0.2, 0.25) is 0 Å². The minimum absolute atomic E-state index is 0.254. The van der Waals surface area contributed by atoms with Gasteiger partial charge in [0.05, 0.1) is 10.7 Å². The molecule has 23 heavy (non-hydrogen) atoms. The highest BCUT2D eigenvalue weighted by atomic mass is 35.5. The van der Waals surface area contributed by atoms with E-state index in [1.54, 1.807) is 0 Å². The number of nitrogens with zero attached hydrogens (tertiary/aromatic N) is 1. The molecule has 2 aromatic heterocycles. The standard InChI is InChI=1S/C16H16ClN3O2S/c1-8-5-11-9(2)13(22-14(11)12(17)6-8)15(21)19-4-3-10-7-23-16(18)20-10/h5-7H,3-4H2,1-2H3,(H2,18,20)(H,19,21). The van der Waals surface area contributed by atoms with Gasteiger partial charge in [-0.2, -0.15) is 0 Å². The molecule has 3 rings (SSSR count). The van der Waals surface area contributed by atoms with E-state index in [1.165, 1.54) is 11.3 Å². The number of carbonyl (C=O) groups excluding carboxylic acids is 1. The van der Waals surface area contributed by atoms with Gasteiger partial charge >= 0.3 is 0 Å². The van der Waals surface area contributed by atoms with Crippen LogP contribution in [-0.2, 0) is 6.42 Å². The third kappa shape index (κ3) is 3.18. The summed E-state index contributed by atoms with van der Waals surface area (Å²) in [5.41, 5.74) is 8.82. The third-order valence-corrected chi connectivity index (χ3v) is 4.58. The van der Waals surface area contributed by atoms with Crippen molar-refractivity contribution in [3.8, 4) is 0 Å². The van der Waals surface area contributed by atoms with Crippen molar-refractivity contribution in [3.63, 3.8) is 0 Å². The summed E-state index contributed by atoms with van der Waals surface area (Å²) >= 11 is 7.58. The van der Waals surface area contributed by atoms with Crippen molar-refractivity contribution in [2.45, 2.75) is 20.3 Å². The highest BCUT2D eigenvalue weighted by molar-refractivity contribution is 7.13. The van der Waals surface area contributed by atoms with Crippen molar-refractivity contribution < 1.29 is 9.21 Å². The minimum Gasteiger partial charge on any atom is -0.449 e. The lowest BCUT2D eigenvalue weighted by Crippen LogP contribution is -2.25. The smallest absolute Gasteiger partial charge is 0.287 e. The van der Waals surface area contributed by atoms with Crippen molar-refractivity contribution in [2.75, 3.05) is 12.3 Å². The second-order valence-electron chi connectivity index (χ2n) is 5.36. The van der Waals surface area contributed by atoms with Gasteiger partial charge in [0.25, 0.3) is 5.91 Å². The van der Waals surface area contributed by atoms with Crippen molar-refractivity contribution in [1.82, 2.24) is 10.3 Å². The second kappa shape index (κ2) is 6.22. The number of rotatable bonds is 4. The molecule has 0 aliphatic rings. The fraction of sp³-hybridized carbons (Fsp3) is 0.250. The number of thiazole rings is 1. The average molecular weight is 350 g/mol. The van der Waals surface area contributed by atoms with Crippen molar-refractivity contribution >= 4 is 44.9 Å². The largest absolute Gasteiger partial charge is 0.449 e. The fourth-order valence-electron chi connectivity index (χ4n) is 2.45. The van der Waals surface area contributed by atoms with E-state index in [0.717, 1.165) is 22.2 Å². The number of halogens is 1. The van der Waals surface area contributed by atoms with Gasteiger partial charge in [-0.15, -0.1) is 11.3 Å². The maximum atomic E-state index is 12.3. The summed E-state index contributed by atoms with van der Waals surface area (Å²) in [6.07, 6.45) is 0.624. The zero-order valence-electron chi connectivity index (χ0n) is 12.8. The molecule has 120 valence electrons. The molecule has 0 aliphatic carbocycles. The van der Waals surface area contributed by atoms with Gasteiger partial charge in [-0.25, -0.2) is 4.98 Å². The summed E-state index contributed by atoms with van der Waals surface area (Å²) in [6.45, 7) is 4.28. The Labute approximate surface area is 142 Å². The molecule has 2 heterocycles. The lowest BCUT2D eigenvalue weighted by Gasteiger charge is -2.02. The van der Waals surface area contributed by atoms with Gasteiger partial charge in [0, 0.05) is 29.3 Å². The molecule has 3 aromatic rings. The van der Waals surface area contributed by atoms with Gasteiger partial charge in [-0.1, -0.05) is 11.6 Å². The molecule has 0 unspecified atom stereocenters. The molecule has 7 heteroatoms. The van der Waals surface area contributed by atoms with Gasteiger partial charge in [0.15, 0.2) is 16.5 Å². The van der Waals surface area contributed by atoms with Crippen molar-refractivity contribution in [3.05, 3.63) is 45.1 Å². The Kier molecular flexibility index (Phi) is 4.28. The maximum absolute atomic E-state index is 12.3. The van der Waals surface area contributed by atoms with E-state index < -0.39 is 0 Å². The number of nitrogens with two attached hydrogens (primary N) is 1. The van der Waals surface area contributed by atoms with Crippen LogP contribution in [0.15, 0.2) is 21.9 Å². The van der Waals surface area contributed by atoms with Crippen LogP contribution in [0.3, 0.4) is 0 Å². The number of carbonyl (C=O) groups is 1. The highest BCUT2D eigenvalue weighted by Crippen LogP contribution is 2.32. The molecule has 1 aromatic carbocycles. The van der Waals surface area contributed by atoms with E-state index >= 15 is 0 Å². The molecule has 0 spiro atoms. The van der Waals surface area contributed by atoms with Crippen molar-refractivity contribution in [1.29, 1.82) is 0 Å². The number of furan rings is 1. The van der Waals surface area contributed by atoms with Crippen LogP contribution in [0.4, 0.5) is 5.13 Å². The summed E-state index contributed by atoms with van der Waals surface area (Å²) in [4.78, 5) is 16.5. The van der Waals surface area contributed by atoms with Crippen LogP contribution in [0.25, 0.3) is 11.0 Å². The van der Waals surface area contributed by atoms with Crippen LogP contribution in [0.2, 0.25) is 5.02 Å². The number of fused-ring (bicyclic) bond motifs is 1. The Bertz CT molecular complexity index is 885. The summed E-state index contributed by atoms with van der Waals surface area (Å²) in [6, 6.07) is 3.79. The number of nitrogens with one attached hydrogen (secondary N) is 1. The predicted octanol–water partition coefficient (Wildman–Crippen LogP) is 3.71. The molecular weight excluding hydrogens is 334 g/mol. The van der Waals surface area contributed by atoms with Crippen LogP contribution in [-0.4, -0.2) is 17.4 Å². The summed E-state index contributed by atoms with van der Waals surface area (Å²) in [7, 11) is 0. The van der Waals surface area contributed by atoms with Gasteiger partial charge < -0.3 is 15.5 Å². The van der Waals surface area contributed by atoms with E-state index in [0.29, 0.717) is 34.5 Å². The Hall–Kier alpha value is -2.05. The Morgan fingerprint density at radius 3 is 2.91 bits per heavy atom. The Morgan fingerprint density at radius 1 is 1.43 bits per heavy atom. The van der Waals surface area contributed by atoms with Crippen LogP contribution < -0.4 is 11.1 Å². The lowest BCUT2D eigenvalue weighted by molar-refractivity contribution is 0.0927. The number of hydrogen-bond acceptors (Lipinski definition) is 5. The summed E-state index contributed by atoms with van der Waals surface area (Å²) in [5, 5.41) is 6.64.